The fourth-order valence-corrected chi connectivity index (χ4v) is 5.51. The Bertz CT molecular complexity index is 1220. The van der Waals surface area contributed by atoms with Gasteiger partial charge < -0.3 is 4.90 Å². The van der Waals surface area contributed by atoms with Gasteiger partial charge in [0.05, 0.1) is 15.8 Å². The van der Waals surface area contributed by atoms with E-state index in [1.54, 1.807) is 46.3 Å². The lowest BCUT2D eigenvalue weighted by atomic mass is 10.2. The Morgan fingerprint density at radius 3 is 2.43 bits per heavy atom. The molecule has 158 valence electrons. The van der Waals surface area contributed by atoms with Crippen molar-refractivity contribution >= 4 is 36.9 Å². The summed E-state index contributed by atoms with van der Waals surface area (Å²) in [5, 5.41) is 0.593. The predicted molar refractivity (Wildman–Crippen MR) is 120 cm³/mol. The van der Waals surface area contributed by atoms with Crippen molar-refractivity contribution < 1.29 is 8.42 Å². The van der Waals surface area contributed by atoms with E-state index in [2.05, 4.69) is 25.8 Å². The molecule has 30 heavy (non-hydrogen) atoms. The van der Waals surface area contributed by atoms with Crippen LogP contribution in [0.1, 0.15) is 5.82 Å². The molecule has 1 saturated heterocycles. The topological polar surface area (TPSA) is 75.5 Å². The number of fused-ring (bicyclic) bond motifs is 1. The summed E-state index contributed by atoms with van der Waals surface area (Å²) in [5.74, 6) is 0.731. The van der Waals surface area contributed by atoms with E-state index < -0.39 is 10.0 Å². The second kappa shape index (κ2) is 8.58. The second-order valence-corrected chi connectivity index (χ2v) is 10.2. The molecule has 1 aliphatic rings. The largest absolute Gasteiger partial charge is 0.300 e. The Morgan fingerprint density at radius 1 is 1.03 bits per heavy atom. The van der Waals surface area contributed by atoms with Crippen LogP contribution >= 0.6 is 15.9 Å². The molecule has 0 N–H and O–H groups in total. The lowest BCUT2D eigenvalue weighted by Crippen LogP contribution is -2.49. The first-order valence-electron chi connectivity index (χ1n) is 9.79. The summed E-state index contributed by atoms with van der Waals surface area (Å²) in [4.78, 5) is 19.9. The van der Waals surface area contributed by atoms with E-state index in [4.69, 9.17) is 0 Å². The molecule has 7 nitrogen and oxygen atoms in total. The van der Waals surface area contributed by atoms with Crippen LogP contribution in [0.4, 0.5) is 0 Å². The third kappa shape index (κ3) is 4.20. The average molecular weight is 491 g/mol. The van der Waals surface area contributed by atoms with Crippen molar-refractivity contribution in [2.75, 3.05) is 32.7 Å². The quantitative estimate of drug-likeness (QED) is 0.548. The normalized spacial score (nSPS) is 16.2. The van der Waals surface area contributed by atoms with E-state index in [0.29, 0.717) is 48.4 Å². The highest BCUT2D eigenvalue weighted by Crippen LogP contribution is 2.18. The molecular weight excluding hydrogens is 468 g/mol. The molecule has 2 heterocycles. The standard InChI is InChI=1S/C21H23BrN4O3S/c1-24-20(23-19-8-7-16(22)15-18(19)21(24)27)9-10-25-11-13-26(14-12-25)30(28,29)17-5-3-2-4-6-17/h2-8,15H,9-14H2,1H3. The monoisotopic (exact) mass is 490 g/mol. The fourth-order valence-electron chi connectivity index (χ4n) is 3.71. The molecule has 0 radical (unpaired) electrons. The van der Waals surface area contributed by atoms with Gasteiger partial charge in [-0.25, -0.2) is 13.4 Å². The van der Waals surface area contributed by atoms with Gasteiger partial charge in [0, 0.05) is 50.7 Å². The van der Waals surface area contributed by atoms with E-state index in [0.717, 1.165) is 16.8 Å². The van der Waals surface area contributed by atoms with Crippen molar-refractivity contribution in [1.29, 1.82) is 0 Å². The SMILES string of the molecule is Cn1c(CCN2CCN(S(=O)(=O)c3ccccc3)CC2)nc2ccc(Br)cc2c1=O. The highest BCUT2D eigenvalue weighted by Gasteiger charge is 2.28. The maximum atomic E-state index is 12.8. The lowest BCUT2D eigenvalue weighted by molar-refractivity contribution is 0.189. The summed E-state index contributed by atoms with van der Waals surface area (Å²) in [6.07, 6.45) is 0.628. The first-order chi connectivity index (χ1) is 14.4. The maximum Gasteiger partial charge on any atom is 0.261 e. The van der Waals surface area contributed by atoms with Gasteiger partial charge in [-0.1, -0.05) is 34.1 Å². The van der Waals surface area contributed by atoms with Crippen molar-refractivity contribution in [1.82, 2.24) is 18.8 Å². The molecule has 3 aromatic rings. The molecule has 0 aliphatic carbocycles. The molecule has 0 bridgehead atoms. The third-order valence-corrected chi connectivity index (χ3v) is 7.90. The van der Waals surface area contributed by atoms with E-state index >= 15 is 0 Å². The zero-order valence-electron chi connectivity index (χ0n) is 16.7. The number of sulfonamides is 1. The van der Waals surface area contributed by atoms with E-state index in [-0.39, 0.29) is 5.56 Å². The molecule has 0 spiro atoms. The van der Waals surface area contributed by atoms with E-state index in [9.17, 15) is 13.2 Å². The Kier molecular flexibility index (Phi) is 6.06. The summed E-state index contributed by atoms with van der Waals surface area (Å²) in [7, 11) is -1.70. The summed E-state index contributed by atoms with van der Waals surface area (Å²) < 4.78 is 29.5. The molecule has 4 rings (SSSR count). The molecule has 0 unspecified atom stereocenters. The molecule has 9 heteroatoms. The fraction of sp³-hybridized carbons (Fsp3) is 0.333. The van der Waals surface area contributed by atoms with Crippen LogP contribution < -0.4 is 5.56 Å². The van der Waals surface area contributed by atoms with Gasteiger partial charge in [0.1, 0.15) is 5.82 Å². The Balaban J connectivity index is 1.41. The first-order valence-corrected chi connectivity index (χ1v) is 12.0. The summed E-state index contributed by atoms with van der Waals surface area (Å²) in [6.45, 7) is 2.94. The van der Waals surface area contributed by atoms with Crippen LogP contribution in [0.2, 0.25) is 0 Å². The Hall–Kier alpha value is -2.07. The van der Waals surface area contributed by atoms with Crippen molar-refractivity contribution in [3.8, 4) is 0 Å². The van der Waals surface area contributed by atoms with Crippen molar-refractivity contribution in [2.24, 2.45) is 7.05 Å². The number of benzene rings is 2. The molecule has 0 saturated carbocycles. The molecular formula is C21H23BrN4O3S. The van der Waals surface area contributed by atoms with Gasteiger partial charge in [-0.15, -0.1) is 0 Å². The Labute approximate surface area is 184 Å². The summed E-state index contributed by atoms with van der Waals surface area (Å²) in [6, 6.07) is 14.1. The van der Waals surface area contributed by atoms with Crippen LogP contribution in [0.15, 0.2) is 62.7 Å². The minimum atomic E-state index is -3.45. The third-order valence-electron chi connectivity index (χ3n) is 5.49. The van der Waals surface area contributed by atoms with Gasteiger partial charge in [0.2, 0.25) is 10.0 Å². The highest BCUT2D eigenvalue weighted by molar-refractivity contribution is 9.10. The number of halogens is 1. The molecule has 2 aromatic carbocycles. The molecule has 0 atom stereocenters. The number of rotatable bonds is 5. The van der Waals surface area contributed by atoms with Crippen molar-refractivity contribution in [3.05, 3.63) is 69.2 Å². The van der Waals surface area contributed by atoms with Gasteiger partial charge in [-0.3, -0.25) is 9.36 Å². The number of aromatic nitrogens is 2. The van der Waals surface area contributed by atoms with Crippen molar-refractivity contribution in [3.63, 3.8) is 0 Å². The zero-order chi connectivity index (χ0) is 21.3. The van der Waals surface area contributed by atoms with Crippen LogP contribution in [0.3, 0.4) is 0 Å². The zero-order valence-corrected chi connectivity index (χ0v) is 19.1. The molecule has 1 fully saturated rings. The number of piperazine rings is 1. The molecule has 0 amide bonds. The number of hydrogen-bond donors (Lipinski definition) is 0. The maximum absolute atomic E-state index is 12.8. The highest BCUT2D eigenvalue weighted by atomic mass is 79.9. The van der Waals surface area contributed by atoms with Crippen molar-refractivity contribution in [2.45, 2.75) is 11.3 Å². The predicted octanol–water partition coefficient (Wildman–Crippen LogP) is 2.25. The van der Waals surface area contributed by atoms with Crippen LogP contribution in [0.25, 0.3) is 10.9 Å². The smallest absolute Gasteiger partial charge is 0.261 e. The van der Waals surface area contributed by atoms with E-state index in [1.165, 1.54) is 0 Å². The number of nitrogens with zero attached hydrogens (tertiary/aromatic N) is 4. The van der Waals surface area contributed by atoms with Gasteiger partial charge in [-0.2, -0.15) is 4.31 Å². The van der Waals surface area contributed by atoms with Gasteiger partial charge in [0.25, 0.3) is 5.56 Å². The van der Waals surface area contributed by atoms with Crippen LogP contribution in [-0.2, 0) is 23.5 Å². The summed E-state index contributed by atoms with van der Waals surface area (Å²) >= 11 is 3.40. The van der Waals surface area contributed by atoms with Gasteiger partial charge >= 0.3 is 0 Å². The number of hydrogen-bond acceptors (Lipinski definition) is 5. The van der Waals surface area contributed by atoms with Crippen LogP contribution in [-0.4, -0.2) is 59.9 Å². The van der Waals surface area contributed by atoms with Gasteiger partial charge in [-0.05, 0) is 30.3 Å². The van der Waals surface area contributed by atoms with E-state index in [1.807, 2.05) is 18.2 Å². The first kappa shape index (κ1) is 21.2. The second-order valence-electron chi connectivity index (χ2n) is 7.36. The minimum Gasteiger partial charge on any atom is -0.300 e. The minimum absolute atomic E-state index is 0.0601. The Morgan fingerprint density at radius 2 is 1.73 bits per heavy atom. The van der Waals surface area contributed by atoms with Gasteiger partial charge in [0.15, 0.2) is 0 Å². The van der Waals surface area contributed by atoms with Crippen LogP contribution in [0.5, 0.6) is 0 Å². The summed E-state index contributed by atoms with van der Waals surface area (Å²) in [5.41, 5.74) is 0.630. The molecule has 1 aromatic heterocycles. The average Bonchev–Trinajstić information content (AvgIpc) is 2.76. The molecule has 1 aliphatic heterocycles. The lowest BCUT2D eigenvalue weighted by Gasteiger charge is -2.34. The van der Waals surface area contributed by atoms with Crippen LogP contribution in [0, 0.1) is 0 Å².